The zero-order chi connectivity index (χ0) is 19.7. The van der Waals surface area contributed by atoms with E-state index in [1.807, 2.05) is 25.1 Å². The molecule has 7 nitrogen and oxygen atoms in total. The van der Waals surface area contributed by atoms with E-state index in [0.717, 1.165) is 41.4 Å². The number of benzene rings is 1. The van der Waals surface area contributed by atoms with Gasteiger partial charge in [0.05, 0.1) is 12.7 Å². The van der Waals surface area contributed by atoms with Gasteiger partial charge in [0.1, 0.15) is 24.2 Å². The van der Waals surface area contributed by atoms with Crippen LogP contribution < -0.4 is 10.1 Å². The predicted octanol–water partition coefficient (Wildman–Crippen LogP) is 4.21. The van der Waals surface area contributed by atoms with Crippen LogP contribution in [0.3, 0.4) is 0 Å². The summed E-state index contributed by atoms with van der Waals surface area (Å²) in [6.07, 6.45) is 6.71. The van der Waals surface area contributed by atoms with Gasteiger partial charge in [0.15, 0.2) is 0 Å². The van der Waals surface area contributed by atoms with Crippen molar-refractivity contribution in [3.8, 4) is 5.75 Å². The van der Waals surface area contributed by atoms with E-state index in [0.29, 0.717) is 17.3 Å². The summed E-state index contributed by atoms with van der Waals surface area (Å²) in [5.41, 5.74) is 2.08. The SMILES string of the molecule is COc1cc(Br)ccc1[C@H]1C(C(=O)OC2CCCCC2)=C(C)Nc2ncnn21. The Kier molecular flexibility index (Phi) is 5.39. The molecule has 1 aromatic heterocycles. The van der Waals surface area contributed by atoms with Crippen molar-refractivity contribution < 1.29 is 14.3 Å². The first kappa shape index (κ1) is 19.0. The third-order valence-electron chi connectivity index (χ3n) is 5.33. The number of anilines is 1. The molecule has 1 atom stereocenters. The number of hydrogen-bond acceptors (Lipinski definition) is 6. The van der Waals surface area contributed by atoms with Crippen molar-refractivity contribution in [2.45, 2.75) is 51.2 Å². The average molecular weight is 447 g/mol. The van der Waals surface area contributed by atoms with Gasteiger partial charge in [-0.2, -0.15) is 10.1 Å². The van der Waals surface area contributed by atoms with Crippen LogP contribution in [0, 0.1) is 0 Å². The van der Waals surface area contributed by atoms with Gasteiger partial charge in [-0.1, -0.05) is 28.4 Å². The van der Waals surface area contributed by atoms with Crippen molar-refractivity contribution in [3.63, 3.8) is 0 Å². The first-order valence-electron chi connectivity index (χ1n) is 9.50. The Morgan fingerprint density at radius 1 is 1.29 bits per heavy atom. The van der Waals surface area contributed by atoms with Crippen molar-refractivity contribution >= 4 is 27.8 Å². The lowest BCUT2D eigenvalue weighted by Crippen LogP contribution is -2.32. The van der Waals surface area contributed by atoms with Crippen LogP contribution in [0.25, 0.3) is 0 Å². The van der Waals surface area contributed by atoms with E-state index in [1.54, 1.807) is 11.8 Å². The molecule has 1 aliphatic carbocycles. The van der Waals surface area contributed by atoms with Gasteiger partial charge in [0.25, 0.3) is 0 Å². The lowest BCUT2D eigenvalue weighted by atomic mass is 9.94. The van der Waals surface area contributed by atoms with Crippen LogP contribution in [0.2, 0.25) is 0 Å². The van der Waals surface area contributed by atoms with E-state index < -0.39 is 6.04 Å². The summed E-state index contributed by atoms with van der Waals surface area (Å²) in [5.74, 6) is 0.938. The highest BCUT2D eigenvalue weighted by atomic mass is 79.9. The number of fused-ring (bicyclic) bond motifs is 1. The van der Waals surface area contributed by atoms with Gasteiger partial charge in [-0.25, -0.2) is 9.48 Å². The van der Waals surface area contributed by atoms with Crippen LogP contribution in [-0.4, -0.2) is 33.9 Å². The summed E-state index contributed by atoms with van der Waals surface area (Å²) in [6, 6.07) is 5.27. The van der Waals surface area contributed by atoms with Crippen molar-refractivity contribution in [3.05, 3.63) is 45.8 Å². The lowest BCUT2D eigenvalue weighted by Gasteiger charge is -2.30. The molecule has 2 aliphatic rings. The van der Waals surface area contributed by atoms with Crippen LogP contribution in [-0.2, 0) is 9.53 Å². The highest BCUT2D eigenvalue weighted by Crippen LogP contribution is 2.40. The highest BCUT2D eigenvalue weighted by Gasteiger charge is 2.37. The fourth-order valence-corrected chi connectivity index (χ4v) is 4.29. The molecular weight excluding hydrogens is 424 g/mol. The van der Waals surface area contributed by atoms with Crippen molar-refractivity contribution in [1.29, 1.82) is 0 Å². The number of esters is 1. The van der Waals surface area contributed by atoms with E-state index >= 15 is 0 Å². The maximum atomic E-state index is 13.2. The Morgan fingerprint density at radius 2 is 2.07 bits per heavy atom. The normalized spacial score (nSPS) is 19.8. The smallest absolute Gasteiger partial charge is 0.338 e. The molecule has 148 valence electrons. The maximum absolute atomic E-state index is 13.2. The van der Waals surface area contributed by atoms with Gasteiger partial charge in [0, 0.05) is 15.7 Å². The molecule has 4 rings (SSSR count). The molecule has 2 aromatic rings. The minimum absolute atomic E-state index is 0.0221. The number of aromatic nitrogens is 3. The van der Waals surface area contributed by atoms with Crippen molar-refractivity contribution in [2.75, 3.05) is 12.4 Å². The zero-order valence-corrected chi connectivity index (χ0v) is 17.5. The number of halogens is 1. The molecule has 2 heterocycles. The molecule has 0 spiro atoms. The number of nitrogens with zero attached hydrogens (tertiary/aromatic N) is 3. The molecule has 28 heavy (non-hydrogen) atoms. The number of carbonyl (C=O) groups excluding carboxylic acids is 1. The van der Waals surface area contributed by atoms with Gasteiger partial charge in [-0.05, 0) is 44.7 Å². The Morgan fingerprint density at radius 3 is 2.82 bits per heavy atom. The van der Waals surface area contributed by atoms with E-state index in [9.17, 15) is 4.79 Å². The average Bonchev–Trinajstić information content (AvgIpc) is 3.15. The summed E-state index contributed by atoms with van der Waals surface area (Å²) in [7, 11) is 1.62. The highest BCUT2D eigenvalue weighted by molar-refractivity contribution is 9.10. The van der Waals surface area contributed by atoms with Crippen LogP contribution in [0.15, 0.2) is 40.3 Å². The van der Waals surface area contributed by atoms with E-state index in [1.165, 1.54) is 12.7 Å². The molecular formula is C20H23BrN4O3. The monoisotopic (exact) mass is 446 g/mol. The minimum Gasteiger partial charge on any atom is -0.496 e. The third kappa shape index (κ3) is 3.53. The summed E-state index contributed by atoms with van der Waals surface area (Å²) in [6.45, 7) is 1.87. The topological polar surface area (TPSA) is 78.3 Å². The van der Waals surface area contributed by atoms with Gasteiger partial charge in [0.2, 0.25) is 5.95 Å². The second-order valence-corrected chi connectivity index (χ2v) is 8.06. The molecule has 1 aromatic carbocycles. The van der Waals surface area contributed by atoms with Crippen LogP contribution in [0.5, 0.6) is 5.75 Å². The van der Waals surface area contributed by atoms with Gasteiger partial charge >= 0.3 is 5.97 Å². The van der Waals surface area contributed by atoms with Crippen molar-refractivity contribution in [1.82, 2.24) is 14.8 Å². The molecule has 1 aliphatic heterocycles. The summed E-state index contributed by atoms with van der Waals surface area (Å²) < 4.78 is 14.1. The second-order valence-electron chi connectivity index (χ2n) is 7.15. The van der Waals surface area contributed by atoms with Crippen LogP contribution in [0.1, 0.15) is 50.6 Å². The molecule has 1 saturated carbocycles. The fourth-order valence-electron chi connectivity index (χ4n) is 3.95. The maximum Gasteiger partial charge on any atom is 0.338 e. The van der Waals surface area contributed by atoms with Crippen LogP contribution in [0.4, 0.5) is 5.95 Å². The molecule has 0 radical (unpaired) electrons. The zero-order valence-electron chi connectivity index (χ0n) is 15.9. The minimum atomic E-state index is -0.474. The molecule has 0 amide bonds. The lowest BCUT2D eigenvalue weighted by molar-refractivity contribution is -0.146. The largest absolute Gasteiger partial charge is 0.496 e. The molecule has 0 saturated heterocycles. The summed E-state index contributed by atoms with van der Waals surface area (Å²) in [4.78, 5) is 17.5. The Balaban J connectivity index is 1.75. The molecule has 1 N–H and O–H groups in total. The van der Waals surface area contributed by atoms with Gasteiger partial charge < -0.3 is 14.8 Å². The van der Waals surface area contributed by atoms with Gasteiger partial charge in [-0.15, -0.1) is 0 Å². The first-order chi connectivity index (χ1) is 13.6. The number of hydrogen-bond donors (Lipinski definition) is 1. The standard InChI is InChI=1S/C20H23BrN4O3/c1-12-17(19(26)28-14-6-4-3-5-7-14)18(25-20(24-12)22-11-23-25)15-9-8-13(21)10-16(15)27-2/h8-11,14,18H,3-7H2,1-2H3,(H,22,23,24)/t18-/m0/s1. The number of allylic oxidation sites excluding steroid dienone is 1. The molecule has 0 bridgehead atoms. The first-order valence-corrected chi connectivity index (χ1v) is 10.3. The Labute approximate surface area is 172 Å². The predicted molar refractivity (Wildman–Crippen MR) is 108 cm³/mol. The number of carbonyl (C=O) groups is 1. The second kappa shape index (κ2) is 7.95. The Hall–Kier alpha value is -2.35. The third-order valence-corrected chi connectivity index (χ3v) is 5.82. The number of nitrogens with one attached hydrogen (secondary N) is 1. The van der Waals surface area contributed by atoms with E-state index in [2.05, 4.69) is 31.3 Å². The molecule has 0 unspecified atom stereocenters. The number of methoxy groups -OCH3 is 1. The number of ether oxygens (including phenoxy) is 2. The van der Waals surface area contributed by atoms with Crippen molar-refractivity contribution in [2.24, 2.45) is 0 Å². The molecule has 1 fully saturated rings. The van der Waals surface area contributed by atoms with E-state index in [-0.39, 0.29) is 12.1 Å². The van der Waals surface area contributed by atoms with Gasteiger partial charge in [-0.3, -0.25) is 0 Å². The quantitative estimate of drug-likeness (QED) is 0.708. The Bertz CT molecular complexity index is 918. The molecule has 8 heteroatoms. The van der Waals surface area contributed by atoms with E-state index in [4.69, 9.17) is 9.47 Å². The summed E-state index contributed by atoms with van der Waals surface area (Å²) in [5, 5.41) is 7.53. The fraction of sp³-hybridized carbons (Fsp3) is 0.450. The summed E-state index contributed by atoms with van der Waals surface area (Å²) >= 11 is 3.48. The number of rotatable bonds is 4. The van der Waals surface area contributed by atoms with Crippen LogP contribution >= 0.6 is 15.9 Å².